The van der Waals surface area contributed by atoms with Crippen LogP contribution in [0.15, 0.2) is 35.1 Å². The number of benzene rings is 1. The van der Waals surface area contributed by atoms with E-state index in [9.17, 15) is 10.1 Å². The Morgan fingerprint density at radius 1 is 1.55 bits per heavy atom. The van der Waals surface area contributed by atoms with Crippen molar-refractivity contribution < 1.29 is 4.92 Å². The van der Waals surface area contributed by atoms with E-state index in [0.717, 1.165) is 17.5 Å². The number of hydrogen-bond donors (Lipinski definition) is 0. The summed E-state index contributed by atoms with van der Waals surface area (Å²) in [6.07, 6.45) is 4.49. The maximum atomic E-state index is 10.7. The van der Waals surface area contributed by atoms with Crippen LogP contribution >= 0.6 is 27.5 Å². The van der Waals surface area contributed by atoms with Gasteiger partial charge in [-0.2, -0.15) is 5.10 Å². The van der Waals surface area contributed by atoms with Crippen molar-refractivity contribution in [3.05, 3.63) is 56.3 Å². The van der Waals surface area contributed by atoms with Crippen LogP contribution in [-0.2, 0) is 6.54 Å². The molecule has 7 heteroatoms. The van der Waals surface area contributed by atoms with E-state index in [1.165, 1.54) is 12.1 Å². The average molecular weight is 359 g/mol. The number of aromatic nitrogens is 2. The zero-order chi connectivity index (χ0) is 14.7. The first-order chi connectivity index (χ1) is 9.51. The number of non-ortho nitro benzene ring substituents is 1. The molecule has 5 nitrogen and oxygen atoms in total. The molecule has 106 valence electrons. The van der Waals surface area contributed by atoms with E-state index in [4.69, 9.17) is 11.6 Å². The third kappa shape index (κ3) is 3.37. The number of nitro groups is 1. The molecule has 0 N–H and O–H groups in total. The van der Waals surface area contributed by atoms with E-state index in [1.807, 2.05) is 13.1 Å². The summed E-state index contributed by atoms with van der Waals surface area (Å²) < 4.78 is 2.47. The van der Waals surface area contributed by atoms with Gasteiger partial charge in [0.15, 0.2) is 0 Å². The Morgan fingerprint density at radius 2 is 2.30 bits per heavy atom. The van der Waals surface area contributed by atoms with Crippen molar-refractivity contribution in [3.63, 3.8) is 0 Å². The Morgan fingerprint density at radius 3 is 2.90 bits per heavy atom. The highest BCUT2D eigenvalue weighted by Crippen LogP contribution is 2.25. The molecule has 0 radical (unpaired) electrons. The van der Waals surface area contributed by atoms with Crippen LogP contribution in [0.5, 0.6) is 0 Å². The van der Waals surface area contributed by atoms with Crippen molar-refractivity contribution in [2.75, 3.05) is 0 Å². The second-order valence-electron chi connectivity index (χ2n) is 4.38. The van der Waals surface area contributed by atoms with Crippen LogP contribution in [0.2, 0.25) is 0 Å². The lowest BCUT2D eigenvalue weighted by molar-refractivity contribution is -0.384. The molecule has 2 rings (SSSR count). The smallest absolute Gasteiger partial charge is 0.268 e. The minimum atomic E-state index is -0.417. The first-order valence-electron chi connectivity index (χ1n) is 6.10. The van der Waals surface area contributed by atoms with Gasteiger partial charge < -0.3 is 0 Å². The van der Waals surface area contributed by atoms with E-state index in [1.54, 1.807) is 16.9 Å². The molecule has 0 fully saturated rings. The standard InChI is InChI=1S/C13H13BrClN3O2/c1-2-13(15)10-6-16-17(8-10)7-9-3-4-11(18(19)20)5-12(9)14/h3-6,8,13H,2,7H2,1H3. The third-order valence-electron chi connectivity index (χ3n) is 2.95. The fraction of sp³-hybridized carbons (Fsp3) is 0.308. The number of halogens is 2. The van der Waals surface area contributed by atoms with Gasteiger partial charge in [-0.1, -0.05) is 22.9 Å². The van der Waals surface area contributed by atoms with Gasteiger partial charge in [0.25, 0.3) is 5.69 Å². The van der Waals surface area contributed by atoms with Crippen molar-refractivity contribution in [1.82, 2.24) is 9.78 Å². The largest absolute Gasteiger partial charge is 0.270 e. The van der Waals surface area contributed by atoms with E-state index >= 15 is 0 Å². The normalized spacial score (nSPS) is 12.3. The zero-order valence-corrected chi connectivity index (χ0v) is 13.1. The lowest BCUT2D eigenvalue weighted by Crippen LogP contribution is -2.01. The van der Waals surface area contributed by atoms with Crippen molar-refractivity contribution in [3.8, 4) is 0 Å². The molecule has 0 aliphatic rings. The maximum Gasteiger partial charge on any atom is 0.270 e. The second kappa shape index (κ2) is 6.37. The summed E-state index contributed by atoms with van der Waals surface area (Å²) in [6, 6.07) is 4.71. The van der Waals surface area contributed by atoms with Gasteiger partial charge in [0, 0.05) is 28.4 Å². The topological polar surface area (TPSA) is 61.0 Å². The van der Waals surface area contributed by atoms with Crippen LogP contribution < -0.4 is 0 Å². The van der Waals surface area contributed by atoms with Gasteiger partial charge in [-0.3, -0.25) is 14.8 Å². The van der Waals surface area contributed by atoms with Gasteiger partial charge in [0.2, 0.25) is 0 Å². The quantitative estimate of drug-likeness (QED) is 0.455. The van der Waals surface area contributed by atoms with Crippen LogP contribution in [0.4, 0.5) is 5.69 Å². The van der Waals surface area contributed by atoms with Gasteiger partial charge in [-0.05, 0) is 18.1 Å². The number of nitrogens with zero attached hydrogens (tertiary/aromatic N) is 3. The van der Waals surface area contributed by atoms with Crippen molar-refractivity contribution in [2.24, 2.45) is 0 Å². The van der Waals surface area contributed by atoms with E-state index in [-0.39, 0.29) is 11.1 Å². The summed E-state index contributed by atoms with van der Waals surface area (Å²) in [7, 11) is 0. The Labute approximate surface area is 129 Å². The molecule has 1 atom stereocenters. The highest BCUT2D eigenvalue weighted by Gasteiger charge is 2.11. The molecule has 0 spiro atoms. The molecule has 1 aromatic carbocycles. The molecular weight excluding hydrogens is 346 g/mol. The zero-order valence-electron chi connectivity index (χ0n) is 10.8. The Kier molecular flexibility index (Phi) is 4.77. The molecular formula is C13H13BrClN3O2. The molecule has 0 amide bonds. The molecule has 1 unspecified atom stereocenters. The van der Waals surface area contributed by atoms with Gasteiger partial charge in [-0.25, -0.2) is 0 Å². The lowest BCUT2D eigenvalue weighted by Gasteiger charge is -2.05. The average Bonchev–Trinajstić information content (AvgIpc) is 2.88. The molecule has 0 aliphatic heterocycles. The first-order valence-corrected chi connectivity index (χ1v) is 7.33. The monoisotopic (exact) mass is 357 g/mol. The summed E-state index contributed by atoms with van der Waals surface area (Å²) in [5, 5.41) is 14.9. The molecule has 1 aromatic heterocycles. The maximum absolute atomic E-state index is 10.7. The summed E-state index contributed by atoms with van der Waals surface area (Å²) in [5.41, 5.74) is 1.97. The van der Waals surface area contributed by atoms with Crippen LogP contribution in [0.25, 0.3) is 0 Å². The van der Waals surface area contributed by atoms with Crippen LogP contribution in [0.3, 0.4) is 0 Å². The minimum Gasteiger partial charge on any atom is -0.268 e. The molecule has 0 aliphatic carbocycles. The Bertz CT molecular complexity index is 630. The van der Waals surface area contributed by atoms with Crippen molar-refractivity contribution in [1.29, 1.82) is 0 Å². The van der Waals surface area contributed by atoms with E-state index in [0.29, 0.717) is 11.0 Å². The van der Waals surface area contributed by atoms with Gasteiger partial charge in [-0.15, -0.1) is 11.6 Å². The lowest BCUT2D eigenvalue weighted by atomic mass is 10.2. The van der Waals surface area contributed by atoms with Crippen LogP contribution in [-0.4, -0.2) is 14.7 Å². The van der Waals surface area contributed by atoms with Crippen LogP contribution in [0.1, 0.15) is 29.8 Å². The van der Waals surface area contributed by atoms with E-state index < -0.39 is 4.92 Å². The number of rotatable bonds is 5. The van der Waals surface area contributed by atoms with Gasteiger partial charge in [0.05, 0.1) is 23.0 Å². The number of hydrogen-bond acceptors (Lipinski definition) is 3. The predicted octanol–water partition coefficient (Wildman–Crippen LogP) is 4.29. The number of alkyl halides is 1. The molecule has 0 saturated heterocycles. The fourth-order valence-corrected chi connectivity index (χ4v) is 2.42. The molecule has 2 aromatic rings. The molecule has 0 saturated carbocycles. The molecule has 1 heterocycles. The van der Waals surface area contributed by atoms with Crippen molar-refractivity contribution >= 4 is 33.2 Å². The van der Waals surface area contributed by atoms with Crippen LogP contribution in [0, 0.1) is 10.1 Å². The Hall–Kier alpha value is -1.40. The van der Waals surface area contributed by atoms with Gasteiger partial charge in [0.1, 0.15) is 0 Å². The van der Waals surface area contributed by atoms with E-state index in [2.05, 4.69) is 21.0 Å². The first kappa shape index (κ1) is 15.0. The highest BCUT2D eigenvalue weighted by atomic mass is 79.9. The van der Waals surface area contributed by atoms with Gasteiger partial charge >= 0.3 is 0 Å². The minimum absolute atomic E-state index is 0.0379. The fourth-order valence-electron chi connectivity index (χ4n) is 1.82. The summed E-state index contributed by atoms with van der Waals surface area (Å²) in [4.78, 5) is 10.3. The predicted molar refractivity (Wildman–Crippen MR) is 81.0 cm³/mol. The van der Waals surface area contributed by atoms with Crippen molar-refractivity contribution in [2.45, 2.75) is 25.3 Å². The second-order valence-corrected chi connectivity index (χ2v) is 5.76. The molecule has 0 bridgehead atoms. The summed E-state index contributed by atoms with van der Waals surface area (Å²) >= 11 is 9.51. The Balaban J connectivity index is 2.18. The highest BCUT2D eigenvalue weighted by molar-refractivity contribution is 9.10. The SMILES string of the molecule is CCC(Cl)c1cnn(Cc2ccc([N+](=O)[O-])cc2Br)c1. The number of nitro benzene ring substituents is 1. The summed E-state index contributed by atoms with van der Waals surface area (Å²) in [5.74, 6) is 0. The summed E-state index contributed by atoms with van der Waals surface area (Å²) in [6.45, 7) is 2.55. The third-order valence-corrected chi connectivity index (χ3v) is 4.25. The molecule has 20 heavy (non-hydrogen) atoms.